The van der Waals surface area contributed by atoms with Crippen molar-refractivity contribution in [2.45, 2.75) is 6.54 Å². The summed E-state index contributed by atoms with van der Waals surface area (Å²) >= 11 is 0. The number of pyridine rings is 1. The van der Waals surface area contributed by atoms with E-state index in [1.165, 1.54) is 6.07 Å². The van der Waals surface area contributed by atoms with Crippen LogP contribution in [0.5, 0.6) is 0 Å². The fourth-order valence-corrected chi connectivity index (χ4v) is 4.21. The van der Waals surface area contributed by atoms with Crippen molar-refractivity contribution in [3.05, 3.63) is 108 Å². The second-order valence-corrected chi connectivity index (χ2v) is 8.48. The number of carbonyl (C=O) groups is 1. The van der Waals surface area contributed by atoms with Gasteiger partial charge in [-0.1, -0.05) is 36.4 Å². The largest absolute Gasteiger partial charge is 0.337 e. The molecule has 0 bridgehead atoms. The van der Waals surface area contributed by atoms with Gasteiger partial charge in [-0.3, -0.25) is 14.7 Å². The molecule has 2 aromatic carbocycles. The van der Waals surface area contributed by atoms with Crippen LogP contribution in [0.2, 0.25) is 0 Å². The number of piperazine rings is 1. The lowest BCUT2D eigenvalue weighted by atomic mass is 10.1. The van der Waals surface area contributed by atoms with Crippen LogP contribution in [-0.4, -0.2) is 56.7 Å². The molecule has 5 rings (SSSR count). The van der Waals surface area contributed by atoms with Crippen molar-refractivity contribution in [2.75, 3.05) is 26.2 Å². The molecule has 0 aliphatic carbocycles. The van der Waals surface area contributed by atoms with Crippen molar-refractivity contribution in [3.8, 4) is 16.9 Å². The highest BCUT2D eigenvalue weighted by atomic mass is 19.1. The Bertz CT molecular complexity index is 1310. The van der Waals surface area contributed by atoms with E-state index in [-0.39, 0.29) is 11.7 Å². The molecule has 1 amide bonds. The fraction of sp³-hybridized carbons (Fsp3) is 0.179. The van der Waals surface area contributed by atoms with Crippen LogP contribution >= 0.6 is 0 Å². The second kappa shape index (κ2) is 10.4. The SMILES string of the molecule is O=C(/C=C/c1cn(-c2ccccc2)nc1-c1cccnc1)N1CCN(Cc2ccccc2F)CC1. The maximum absolute atomic E-state index is 14.0. The van der Waals surface area contributed by atoms with E-state index in [4.69, 9.17) is 5.10 Å². The highest BCUT2D eigenvalue weighted by molar-refractivity contribution is 5.93. The summed E-state index contributed by atoms with van der Waals surface area (Å²) in [7, 11) is 0. The molecule has 3 heterocycles. The van der Waals surface area contributed by atoms with Crippen molar-refractivity contribution in [2.24, 2.45) is 0 Å². The monoisotopic (exact) mass is 467 g/mol. The quantitative estimate of drug-likeness (QED) is 0.394. The topological polar surface area (TPSA) is 54.3 Å². The molecule has 0 unspecified atom stereocenters. The van der Waals surface area contributed by atoms with Crippen LogP contribution in [0.15, 0.2) is 91.4 Å². The van der Waals surface area contributed by atoms with Gasteiger partial charge in [0.05, 0.1) is 5.69 Å². The molecule has 176 valence electrons. The van der Waals surface area contributed by atoms with E-state index in [0.717, 1.165) is 22.5 Å². The van der Waals surface area contributed by atoms with Crippen LogP contribution < -0.4 is 0 Å². The molecule has 0 N–H and O–H groups in total. The molecule has 2 aromatic heterocycles. The Labute approximate surface area is 204 Å². The molecule has 1 aliphatic rings. The molecule has 35 heavy (non-hydrogen) atoms. The predicted octanol–water partition coefficient (Wildman–Crippen LogP) is 4.43. The van der Waals surface area contributed by atoms with Gasteiger partial charge < -0.3 is 4.90 Å². The van der Waals surface area contributed by atoms with Crippen molar-refractivity contribution >= 4 is 12.0 Å². The zero-order valence-corrected chi connectivity index (χ0v) is 19.3. The van der Waals surface area contributed by atoms with Gasteiger partial charge in [0.25, 0.3) is 0 Å². The van der Waals surface area contributed by atoms with E-state index in [1.54, 1.807) is 24.5 Å². The van der Waals surface area contributed by atoms with Gasteiger partial charge in [-0.2, -0.15) is 5.10 Å². The van der Waals surface area contributed by atoms with Crippen molar-refractivity contribution in [3.63, 3.8) is 0 Å². The first kappa shape index (κ1) is 22.7. The minimum absolute atomic E-state index is 0.0415. The number of nitrogens with zero attached hydrogens (tertiary/aromatic N) is 5. The number of benzene rings is 2. The Hall–Kier alpha value is -4.10. The number of amides is 1. The maximum atomic E-state index is 14.0. The standard InChI is InChI=1S/C28H26FN5O/c29-26-11-5-4-7-23(26)20-32-15-17-33(18-16-32)27(35)13-12-24-21-34(25-9-2-1-3-10-25)31-28(24)22-8-6-14-30-19-22/h1-14,19,21H,15-18,20H2/b13-12+. The molecular weight excluding hydrogens is 441 g/mol. The molecular formula is C28H26FN5O. The molecule has 1 saturated heterocycles. The summed E-state index contributed by atoms with van der Waals surface area (Å²) < 4.78 is 15.8. The molecule has 1 fully saturated rings. The third kappa shape index (κ3) is 5.36. The molecule has 7 heteroatoms. The van der Waals surface area contributed by atoms with Crippen LogP contribution in [0.1, 0.15) is 11.1 Å². The fourth-order valence-electron chi connectivity index (χ4n) is 4.21. The number of rotatable bonds is 6. The Morgan fingerprint density at radius 3 is 2.46 bits per heavy atom. The first-order valence-corrected chi connectivity index (χ1v) is 11.7. The third-order valence-corrected chi connectivity index (χ3v) is 6.14. The molecule has 0 radical (unpaired) electrons. The number of halogens is 1. The molecule has 0 saturated carbocycles. The zero-order chi connectivity index (χ0) is 24.0. The van der Waals surface area contributed by atoms with Gasteiger partial charge in [0, 0.05) is 74.1 Å². The van der Waals surface area contributed by atoms with Crippen LogP contribution in [0.25, 0.3) is 23.0 Å². The maximum Gasteiger partial charge on any atom is 0.246 e. The van der Waals surface area contributed by atoms with Crippen LogP contribution in [0.4, 0.5) is 4.39 Å². The molecule has 4 aromatic rings. The summed E-state index contributed by atoms with van der Waals surface area (Å²) in [5, 5.41) is 4.76. The second-order valence-electron chi connectivity index (χ2n) is 8.48. The highest BCUT2D eigenvalue weighted by Gasteiger charge is 2.20. The Morgan fingerprint density at radius 2 is 1.71 bits per heavy atom. The zero-order valence-electron chi connectivity index (χ0n) is 19.3. The lowest BCUT2D eigenvalue weighted by Gasteiger charge is -2.34. The Kier molecular flexibility index (Phi) is 6.77. The lowest BCUT2D eigenvalue weighted by molar-refractivity contribution is -0.127. The minimum Gasteiger partial charge on any atom is -0.337 e. The van der Waals surface area contributed by atoms with Gasteiger partial charge in [-0.15, -0.1) is 0 Å². The van der Waals surface area contributed by atoms with Crippen molar-refractivity contribution < 1.29 is 9.18 Å². The normalized spacial score (nSPS) is 14.5. The van der Waals surface area contributed by atoms with E-state index < -0.39 is 0 Å². The van der Waals surface area contributed by atoms with Gasteiger partial charge in [-0.25, -0.2) is 9.07 Å². The summed E-state index contributed by atoms with van der Waals surface area (Å²) in [5.74, 6) is -0.227. The average molecular weight is 468 g/mol. The number of carbonyl (C=O) groups excluding carboxylic acids is 1. The first-order chi connectivity index (χ1) is 17.2. The van der Waals surface area contributed by atoms with E-state index >= 15 is 0 Å². The van der Waals surface area contributed by atoms with E-state index in [1.807, 2.05) is 76.5 Å². The van der Waals surface area contributed by atoms with E-state index in [2.05, 4.69) is 9.88 Å². The number of hydrogen-bond donors (Lipinski definition) is 0. The molecule has 0 spiro atoms. The van der Waals surface area contributed by atoms with Gasteiger partial charge in [0.2, 0.25) is 5.91 Å². The van der Waals surface area contributed by atoms with Gasteiger partial charge >= 0.3 is 0 Å². The molecule has 0 atom stereocenters. The number of aromatic nitrogens is 3. The summed E-state index contributed by atoms with van der Waals surface area (Å²) in [4.78, 5) is 21.2. The van der Waals surface area contributed by atoms with Crippen LogP contribution in [-0.2, 0) is 11.3 Å². The van der Waals surface area contributed by atoms with Crippen molar-refractivity contribution in [1.29, 1.82) is 0 Å². The molecule has 1 aliphatic heterocycles. The summed E-state index contributed by atoms with van der Waals surface area (Å²) in [6.45, 7) is 3.19. The summed E-state index contributed by atoms with van der Waals surface area (Å²) in [6.07, 6.45) is 8.85. The number of hydrogen-bond acceptors (Lipinski definition) is 4. The predicted molar refractivity (Wildman–Crippen MR) is 134 cm³/mol. The molecule has 6 nitrogen and oxygen atoms in total. The highest BCUT2D eigenvalue weighted by Crippen LogP contribution is 2.24. The summed E-state index contributed by atoms with van der Waals surface area (Å²) in [6, 6.07) is 20.5. The van der Waals surface area contributed by atoms with Gasteiger partial charge in [0.1, 0.15) is 11.5 Å². The number of para-hydroxylation sites is 1. The van der Waals surface area contributed by atoms with E-state index in [0.29, 0.717) is 38.3 Å². The summed E-state index contributed by atoms with van der Waals surface area (Å²) in [5.41, 5.74) is 4.12. The van der Waals surface area contributed by atoms with Crippen LogP contribution in [0.3, 0.4) is 0 Å². The van der Waals surface area contributed by atoms with Gasteiger partial charge in [0.15, 0.2) is 0 Å². The van der Waals surface area contributed by atoms with Crippen molar-refractivity contribution in [1.82, 2.24) is 24.6 Å². The van der Waals surface area contributed by atoms with Crippen LogP contribution in [0, 0.1) is 5.82 Å². The van der Waals surface area contributed by atoms with Gasteiger partial charge in [-0.05, 0) is 36.4 Å². The van der Waals surface area contributed by atoms with E-state index in [9.17, 15) is 9.18 Å². The Morgan fingerprint density at radius 1 is 0.943 bits per heavy atom. The lowest BCUT2D eigenvalue weighted by Crippen LogP contribution is -2.47. The minimum atomic E-state index is -0.186. The first-order valence-electron chi connectivity index (χ1n) is 11.7. The Balaban J connectivity index is 1.28. The smallest absolute Gasteiger partial charge is 0.246 e. The average Bonchev–Trinajstić information content (AvgIpc) is 3.34. The third-order valence-electron chi connectivity index (χ3n) is 6.14.